The SMILES string of the molecule is CC/C=C\C/C=C\C/C=C\C/C=C\C/C=C\C/C=C\CCCCCCCCC(=O)OC(COC(=O)CCCCCCCCCCCCCCC/C=C\C/C=C\CCCCCCC)COC(OCC[N+](C)(C)C)C(=O)[O-]. The molecule has 0 rings (SSSR count). The molecule has 9 nitrogen and oxygen atoms in total. The predicted octanol–water partition coefficient (Wildman–Crippen LogP) is 16.8. The van der Waals surface area contributed by atoms with Crippen LogP contribution in [0, 0.1) is 0 Å². The molecule has 0 N–H and O–H groups in total. The number of allylic oxidation sites excluding steroid dienone is 16. The highest BCUT2D eigenvalue weighted by molar-refractivity contribution is 5.70. The quantitative estimate of drug-likeness (QED) is 0.0195. The summed E-state index contributed by atoms with van der Waals surface area (Å²) in [5.41, 5.74) is 0. The number of aliphatic carboxylic acids is 1. The summed E-state index contributed by atoms with van der Waals surface area (Å²) >= 11 is 0. The van der Waals surface area contributed by atoms with E-state index in [9.17, 15) is 19.5 Å². The Morgan fingerprint density at radius 2 is 0.760 bits per heavy atom. The van der Waals surface area contributed by atoms with Crippen LogP contribution in [0.4, 0.5) is 0 Å². The standard InChI is InChI=1S/C66H113NO8/c1-6-8-10-12-14-16-18-20-22-24-26-28-30-32-34-36-38-40-42-44-46-48-50-52-54-56-63(68)73-60-62(61-74-66(65(70)71)72-59-58-67(3,4)5)75-64(69)57-55-53-51-49-47-45-43-41-39-37-35-33-31-29-27-25-23-21-19-17-15-13-11-9-7-2/h9,11,15,17-18,20-21,23-24,26-27,29,33,35,39,41,62,66H,6-8,10,12-14,16,19,22,25,28,30-32,34,36-38,40,42-61H2,1-5H3/b11-9-,17-15-,20-18-,23-21-,26-24-,29-27-,35-33-,41-39-. The van der Waals surface area contributed by atoms with E-state index in [4.69, 9.17) is 18.9 Å². The average molecular weight is 1050 g/mol. The van der Waals surface area contributed by atoms with Crippen LogP contribution in [-0.4, -0.2) is 82.3 Å². The molecule has 0 aromatic heterocycles. The van der Waals surface area contributed by atoms with Gasteiger partial charge in [0.2, 0.25) is 0 Å². The van der Waals surface area contributed by atoms with E-state index in [-0.39, 0.29) is 38.6 Å². The monoisotopic (exact) mass is 1050 g/mol. The maximum absolute atomic E-state index is 12.9. The molecule has 0 aromatic rings. The van der Waals surface area contributed by atoms with Crippen molar-refractivity contribution < 1.29 is 42.9 Å². The Bertz CT molecular complexity index is 1550. The van der Waals surface area contributed by atoms with Crippen LogP contribution >= 0.6 is 0 Å². The van der Waals surface area contributed by atoms with Gasteiger partial charge in [-0.3, -0.25) is 9.59 Å². The predicted molar refractivity (Wildman–Crippen MR) is 315 cm³/mol. The number of hydrogen-bond donors (Lipinski definition) is 0. The molecule has 0 aliphatic carbocycles. The molecule has 0 fully saturated rings. The third kappa shape index (κ3) is 57.7. The van der Waals surface area contributed by atoms with Gasteiger partial charge in [-0.15, -0.1) is 0 Å². The number of carboxylic acids is 1. The van der Waals surface area contributed by atoms with E-state index >= 15 is 0 Å². The van der Waals surface area contributed by atoms with Gasteiger partial charge in [0.25, 0.3) is 0 Å². The second kappa shape index (κ2) is 56.4. The normalized spacial score (nSPS) is 13.5. The molecule has 0 heterocycles. The number of carbonyl (C=O) groups is 3. The molecule has 430 valence electrons. The fraction of sp³-hybridized carbons (Fsp3) is 0.712. The second-order valence-electron chi connectivity index (χ2n) is 21.3. The van der Waals surface area contributed by atoms with Crippen molar-refractivity contribution in [2.75, 3.05) is 47.5 Å². The molecule has 0 radical (unpaired) electrons. The third-order valence-electron chi connectivity index (χ3n) is 12.8. The summed E-state index contributed by atoms with van der Waals surface area (Å²) < 4.78 is 22.7. The fourth-order valence-electron chi connectivity index (χ4n) is 8.16. The highest BCUT2D eigenvalue weighted by Crippen LogP contribution is 2.15. The van der Waals surface area contributed by atoms with E-state index in [1.165, 1.54) is 109 Å². The molecular formula is C66H113NO8. The van der Waals surface area contributed by atoms with Crippen LogP contribution in [0.15, 0.2) is 97.2 Å². The van der Waals surface area contributed by atoms with Crippen molar-refractivity contribution in [1.29, 1.82) is 0 Å². The average Bonchev–Trinajstić information content (AvgIpc) is 3.38. The molecule has 0 spiro atoms. The lowest BCUT2D eigenvalue weighted by Gasteiger charge is -2.26. The van der Waals surface area contributed by atoms with Crippen LogP contribution in [0.3, 0.4) is 0 Å². The first-order valence-corrected chi connectivity index (χ1v) is 30.4. The highest BCUT2D eigenvalue weighted by Gasteiger charge is 2.22. The fourth-order valence-corrected chi connectivity index (χ4v) is 8.16. The van der Waals surface area contributed by atoms with Gasteiger partial charge in [-0.25, -0.2) is 0 Å². The summed E-state index contributed by atoms with van der Waals surface area (Å²) in [4.78, 5) is 37.4. The van der Waals surface area contributed by atoms with Crippen molar-refractivity contribution in [3.63, 3.8) is 0 Å². The van der Waals surface area contributed by atoms with Gasteiger partial charge in [-0.2, -0.15) is 0 Å². The smallest absolute Gasteiger partial charge is 0.306 e. The minimum Gasteiger partial charge on any atom is -0.545 e. The molecule has 2 unspecified atom stereocenters. The number of ether oxygens (including phenoxy) is 4. The number of unbranched alkanes of at least 4 members (excludes halogenated alkanes) is 24. The van der Waals surface area contributed by atoms with Crippen molar-refractivity contribution in [2.24, 2.45) is 0 Å². The van der Waals surface area contributed by atoms with Crippen molar-refractivity contribution in [1.82, 2.24) is 0 Å². The summed E-state index contributed by atoms with van der Waals surface area (Å²) in [5, 5.41) is 11.8. The number of esters is 2. The van der Waals surface area contributed by atoms with Crippen LogP contribution in [0.5, 0.6) is 0 Å². The third-order valence-corrected chi connectivity index (χ3v) is 12.8. The van der Waals surface area contributed by atoms with E-state index < -0.39 is 24.3 Å². The van der Waals surface area contributed by atoms with Crippen LogP contribution in [-0.2, 0) is 33.3 Å². The van der Waals surface area contributed by atoms with Gasteiger partial charge in [0.1, 0.15) is 13.2 Å². The Labute approximate surface area is 461 Å². The molecular weight excluding hydrogens is 935 g/mol. The Morgan fingerprint density at radius 1 is 0.413 bits per heavy atom. The lowest BCUT2D eigenvalue weighted by Crippen LogP contribution is -2.44. The lowest BCUT2D eigenvalue weighted by molar-refractivity contribution is -0.870. The van der Waals surface area contributed by atoms with Gasteiger partial charge < -0.3 is 33.3 Å². The number of likely N-dealkylation sites (N-methyl/N-ethyl adjacent to an activating group) is 1. The Hall–Kier alpha value is -3.79. The van der Waals surface area contributed by atoms with Crippen molar-refractivity contribution in [3.8, 4) is 0 Å². The summed E-state index contributed by atoms with van der Waals surface area (Å²) in [6, 6.07) is 0. The largest absolute Gasteiger partial charge is 0.545 e. The zero-order valence-electron chi connectivity index (χ0n) is 48.9. The zero-order valence-corrected chi connectivity index (χ0v) is 48.9. The Kier molecular flexibility index (Phi) is 53.6. The van der Waals surface area contributed by atoms with E-state index in [1.54, 1.807) is 0 Å². The summed E-state index contributed by atoms with van der Waals surface area (Å²) in [5.74, 6) is -2.31. The number of carbonyl (C=O) groups excluding carboxylic acids is 3. The van der Waals surface area contributed by atoms with Gasteiger partial charge in [0.15, 0.2) is 12.4 Å². The maximum Gasteiger partial charge on any atom is 0.306 e. The number of hydrogen-bond acceptors (Lipinski definition) is 8. The molecule has 0 aliphatic rings. The summed E-state index contributed by atoms with van der Waals surface area (Å²) in [6.07, 6.45) is 73.1. The van der Waals surface area contributed by atoms with E-state index in [0.29, 0.717) is 17.4 Å². The van der Waals surface area contributed by atoms with Crippen LogP contribution in [0.25, 0.3) is 0 Å². The Morgan fingerprint density at radius 3 is 1.13 bits per heavy atom. The van der Waals surface area contributed by atoms with Gasteiger partial charge in [0.05, 0.1) is 40.3 Å². The molecule has 75 heavy (non-hydrogen) atoms. The maximum atomic E-state index is 12.9. The number of carboxylic acid groups (broad SMARTS) is 1. The number of rotatable bonds is 55. The molecule has 0 saturated heterocycles. The summed E-state index contributed by atoms with van der Waals surface area (Å²) in [6.45, 7) is 4.61. The first-order valence-electron chi connectivity index (χ1n) is 30.4. The molecule has 0 amide bonds. The van der Waals surface area contributed by atoms with Gasteiger partial charge in [-0.1, -0.05) is 233 Å². The van der Waals surface area contributed by atoms with E-state index in [1.807, 2.05) is 21.1 Å². The molecule has 0 saturated carbocycles. The molecule has 0 aliphatic heterocycles. The summed E-state index contributed by atoms with van der Waals surface area (Å²) in [7, 11) is 5.91. The minimum atomic E-state index is -1.63. The van der Waals surface area contributed by atoms with Gasteiger partial charge in [-0.05, 0) is 96.3 Å². The first kappa shape index (κ1) is 71.2. The van der Waals surface area contributed by atoms with E-state index in [2.05, 4.69) is 111 Å². The molecule has 0 bridgehead atoms. The van der Waals surface area contributed by atoms with Crippen LogP contribution in [0.1, 0.15) is 245 Å². The van der Waals surface area contributed by atoms with Crippen molar-refractivity contribution >= 4 is 17.9 Å². The van der Waals surface area contributed by atoms with Gasteiger partial charge >= 0.3 is 11.9 Å². The van der Waals surface area contributed by atoms with Crippen LogP contribution < -0.4 is 5.11 Å². The van der Waals surface area contributed by atoms with E-state index in [0.717, 1.165) is 103 Å². The molecule has 9 heteroatoms. The highest BCUT2D eigenvalue weighted by atomic mass is 16.7. The van der Waals surface area contributed by atoms with Crippen molar-refractivity contribution in [3.05, 3.63) is 97.2 Å². The molecule has 0 aromatic carbocycles. The Balaban J connectivity index is 4.27. The minimum absolute atomic E-state index is 0.140. The van der Waals surface area contributed by atoms with Crippen LogP contribution in [0.2, 0.25) is 0 Å². The second-order valence-corrected chi connectivity index (χ2v) is 21.3. The molecule has 2 atom stereocenters. The topological polar surface area (TPSA) is 111 Å². The van der Waals surface area contributed by atoms with Gasteiger partial charge in [0, 0.05) is 12.8 Å². The number of quaternary nitrogens is 1. The lowest BCUT2D eigenvalue weighted by atomic mass is 10.0. The number of nitrogens with zero attached hydrogens (tertiary/aromatic N) is 1. The first-order chi connectivity index (χ1) is 36.6. The zero-order chi connectivity index (χ0) is 54.8. The van der Waals surface area contributed by atoms with Crippen molar-refractivity contribution in [2.45, 2.75) is 257 Å².